The van der Waals surface area contributed by atoms with Crippen LogP contribution in [0.2, 0.25) is 25.7 Å². The second-order valence-corrected chi connectivity index (χ2v) is 14.0. The fraction of sp³-hybridized carbons (Fsp3) is 0.304. The summed E-state index contributed by atoms with van der Waals surface area (Å²) >= 11 is 0. The Labute approximate surface area is 177 Å². The smallest absolute Gasteiger partial charge is 0.411 e. The number of fused-ring (bicyclic) bond motifs is 1. The summed E-state index contributed by atoms with van der Waals surface area (Å²) in [6.45, 7) is 7.98. The Morgan fingerprint density at radius 2 is 1.83 bits per heavy atom. The molecular formula is C23H28N2O4Si. The molecule has 2 aromatic carbocycles. The number of anilines is 1. The van der Waals surface area contributed by atoms with Gasteiger partial charge in [-0.05, 0) is 41.3 Å². The van der Waals surface area contributed by atoms with Crippen LogP contribution >= 0.6 is 0 Å². The Balaban J connectivity index is 1.60. The molecule has 6 nitrogen and oxygen atoms in total. The molecule has 0 unspecified atom stereocenters. The van der Waals surface area contributed by atoms with E-state index < -0.39 is 14.2 Å². The number of benzene rings is 2. The van der Waals surface area contributed by atoms with Crippen LogP contribution in [0.4, 0.5) is 10.5 Å². The van der Waals surface area contributed by atoms with E-state index in [0.29, 0.717) is 17.7 Å². The third kappa shape index (κ3) is 6.30. The van der Waals surface area contributed by atoms with Gasteiger partial charge in [0.25, 0.3) is 5.56 Å². The van der Waals surface area contributed by atoms with E-state index in [-0.39, 0.29) is 18.9 Å². The molecule has 1 N–H and O–H groups in total. The molecule has 0 aliphatic heterocycles. The fourth-order valence-corrected chi connectivity index (χ4v) is 3.64. The van der Waals surface area contributed by atoms with Crippen molar-refractivity contribution in [2.24, 2.45) is 0 Å². The average Bonchev–Trinajstić information content (AvgIpc) is 2.71. The summed E-state index contributed by atoms with van der Waals surface area (Å²) in [5.74, 6) is 0. The highest BCUT2D eigenvalue weighted by Gasteiger charge is 2.12. The van der Waals surface area contributed by atoms with Crippen LogP contribution in [0.25, 0.3) is 10.8 Å². The molecule has 0 atom stereocenters. The summed E-state index contributed by atoms with van der Waals surface area (Å²) in [5.41, 5.74) is 1.38. The summed E-state index contributed by atoms with van der Waals surface area (Å²) < 4.78 is 12.5. The van der Waals surface area contributed by atoms with E-state index in [1.54, 1.807) is 29.0 Å². The summed E-state index contributed by atoms with van der Waals surface area (Å²) in [6, 6.07) is 17.6. The van der Waals surface area contributed by atoms with Crippen LogP contribution in [0.15, 0.2) is 65.6 Å². The van der Waals surface area contributed by atoms with Crippen LogP contribution < -0.4 is 10.9 Å². The van der Waals surface area contributed by atoms with Gasteiger partial charge in [0, 0.05) is 32.0 Å². The van der Waals surface area contributed by atoms with Crippen molar-refractivity contribution >= 4 is 30.6 Å². The van der Waals surface area contributed by atoms with Crippen LogP contribution in [0.3, 0.4) is 0 Å². The zero-order valence-corrected chi connectivity index (χ0v) is 18.7. The second-order valence-electron chi connectivity index (χ2n) is 8.43. The number of rotatable bonds is 8. The van der Waals surface area contributed by atoms with Crippen molar-refractivity contribution in [3.63, 3.8) is 0 Å². The molecule has 0 fully saturated rings. The summed E-state index contributed by atoms with van der Waals surface area (Å²) in [7, 11) is -1.16. The third-order valence-corrected chi connectivity index (χ3v) is 6.37. The molecule has 3 rings (SSSR count). The van der Waals surface area contributed by atoms with Crippen molar-refractivity contribution in [1.82, 2.24) is 4.57 Å². The Kier molecular flexibility index (Phi) is 7.07. The predicted molar refractivity (Wildman–Crippen MR) is 123 cm³/mol. The first-order valence-electron chi connectivity index (χ1n) is 10.0. The molecule has 0 bridgehead atoms. The number of hydrogen-bond acceptors (Lipinski definition) is 4. The molecule has 0 radical (unpaired) electrons. The second kappa shape index (κ2) is 9.73. The minimum Gasteiger partial charge on any atom is -0.444 e. The summed E-state index contributed by atoms with van der Waals surface area (Å²) in [5, 5.41) is 4.03. The molecule has 1 aromatic heterocycles. The average molecular weight is 425 g/mol. The van der Waals surface area contributed by atoms with Crippen molar-refractivity contribution < 1.29 is 14.3 Å². The molecule has 0 saturated carbocycles. The zero-order chi connectivity index (χ0) is 21.6. The Bertz CT molecular complexity index is 1060. The van der Waals surface area contributed by atoms with Crippen LogP contribution in [-0.2, 0) is 22.8 Å². The van der Waals surface area contributed by atoms with E-state index >= 15 is 0 Å². The Morgan fingerprint density at radius 1 is 1.07 bits per heavy atom. The standard InChI is InChI=1S/C23H28N2O4Si/c1-30(2,3)14-13-28-17-25-12-11-19-15-20(9-10-21(19)22(25)26)24-23(27)29-16-18-7-5-4-6-8-18/h4-12,15H,13-14,16-17H2,1-3H3,(H,24,27). The lowest BCUT2D eigenvalue weighted by molar-refractivity contribution is 0.0851. The Hall–Kier alpha value is -2.90. The maximum Gasteiger partial charge on any atom is 0.411 e. The van der Waals surface area contributed by atoms with Crippen molar-refractivity contribution in [2.45, 2.75) is 39.0 Å². The maximum absolute atomic E-state index is 12.7. The van der Waals surface area contributed by atoms with Gasteiger partial charge < -0.3 is 9.47 Å². The molecule has 0 aliphatic carbocycles. The number of ether oxygens (including phenoxy) is 2. The van der Waals surface area contributed by atoms with Crippen molar-refractivity contribution in [1.29, 1.82) is 0 Å². The first kappa shape index (κ1) is 21.8. The van der Waals surface area contributed by atoms with Gasteiger partial charge in [0.2, 0.25) is 0 Å². The molecule has 158 valence electrons. The lowest BCUT2D eigenvalue weighted by atomic mass is 10.1. The molecule has 7 heteroatoms. The molecule has 0 spiro atoms. The number of aromatic nitrogens is 1. The van der Waals surface area contributed by atoms with Gasteiger partial charge in [-0.3, -0.25) is 14.7 Å². The Morgan fingerprint density at radius 3 is 2.57 bits per heavy atom. The quantitative estimate of drug-likeness (QED) is 0.405. The van der Waals surface area contributed by atoms with Gasteiger partial charge in [0.05, 0.1) is 0 Å². The summed E-state index contributed by atoms with van der Waals surface area (Å²) in [4.78, 5) is 24.7. The van der Waals surface area contributed by atoms with Gasteiger partial charge in [0.1, 0.15) is 13.3 Å². The molecule has 1 amide bonds. The lowest BCUT2D eigenvalue weighted by Gasteiger charge is -2.16. The number of nitrogens with zero attached hydrogens (tertiary/aromatic N) is 1. The SMILES string of the molecule is C[Si](C)(C)CCOCn1ccc2cc(NC(=O)OCc3ccccc3)ccc2c1=O. The van der Waals surface area contributed by atoms with Crippen LogP contribution in [0.1, 0.15) is 5.56 Å². The number of nitrogens with one attached hydrogen (secondary N) is 1. The van der Waals surface area contributed by atoms with E-state index in [1.807, 2.05) is 36.4 Å². The van der Waals surface area contributed by atoms with Crippen LogP contribution in [0.5, 0.6) is 0 Å². The van der Waals surface area contributed by atoms with Crippen molar-refractivity contribution in [3.8, 4) is 0 Å². The van der Waals surface area contributed by atoms with Gasteiger partial charge >= 0.3 is 6.09 Å². The van der Waals surface area contributed by atoms with E-state index in [0.717, 1.165) is 17.0 Å². The minimum atomic E-state index is -1.16. The molecule has 0 aliphatic rings. The normalized spacial score (nSPS) is 11.4. The predicted octanol–water partition coefficient (Wildman–Crippen LogP) is 5.06. The number of pyridine rings is 1. The van der Waals surface area contributed by atoms with E-state index in [4.69, 9.17) is 9.47 Å². The third-order valence-electron chi connectivity index (χ3n) is 4.66. The molecule has 3 aromatic rings. The van der Waals surface area contributed by atoms with Gasteiger partial charge in [-0.1, -0.05) is 50.0 Å². The van der Waals surface area contributed by atoms with Crippen LogP contribution in [0, 0.1) is 0 Å². The minimum absolute atomic E-state index is 0.112. The summed E-state index contributed by atoms with van der Waals surface area (Å²) in [6.07, 6.45) is 1.18. The van der Waals surface area contributed by atoms with Gasteiger partial charge in [-0.15, -0.1) is 0 Å². The van der Waals surface area contributed by atoms with Crippen molar-refractivity contribution in [3.05, 3.63) is 76.7 Å². The van der Waals surface area contributed by atoms with Crippen LogP contribution in [-0.4, -0.2) is 25.3 Å². The first-order chi connectivity index (χ1) is 14.3. The lowest BCUT2D eigenvalue weighted by Crippen LogP contribution is -2.24. The largest absolute Gasteiger partial charge is 0.444 e. The van der Waals surface area contributed by atoms with E-state index in [2.05, 4.69) is 25.0 Å². The number of carbonyl (C=O) groups excluding carboxylic acids is 1. The topological polar surface area (TPSA) is 69.6 Å². The molecule has 30 heavy (non-hydrogen) atoms. The van der Waals surface area contributed by atoms with E-state index in [1.165, 1.54) is 0 Å². The molecular weight excluding hydrogens is 396 g/mol. The number of hydrogen-bond donors (Lipinski definition) is 1. The zero-order valence-electron chi connectivity index (χ0n) is 17.7. The van der Waals surface area contributed by atoms with Gasteiger partial charge in [0.15, 0.2) is 0 Å². The number of amides is 1. The molecule has 0 saturated heterocycles. The highest BCUT2D eigenvalue weighted by atomic mass is 28.3. The highest BCUT2D eigenvalue weighted by molar-refractivity contribution is 6.76. The number of carbonyl (C=O) groups is 1. The van der Waals surface area contributed by atoms with Gasteiger partial charge in [-0.2, -0.15) is 0 Å². The van der Waals surface area contributed by atoms with Gasteiger partial charge in [-0.25, -0.2) is 4.79 Å². The molecule has 1 heterocycles. The highest BCUT2D eigenvalue weighted by Crippen LogP contribution is 2.17. The maximum atomic E-state index is 12.7. The first-order valence-corrected chi connectivity index (χ1v) is 13.7. The fourth-order valence-electron chi connectivity index (χ4n) is 2.89. The van der Waals surface area contributed by atoms with E-state index in [9.17, 15) is 9.59 Å². The van der Waals surface area contributed by atoms with Crippen molar-refractivity contribution in [2.75, 3.05) is 11.9 Å². The monoisotopic (exact) mass is 424 g/mol.